The van der Waals surface area contributed by atoms with Crippen molar-refractivity contribution in [1.29, 1.82) is 0 Å². The SMILES string of the molecule is CCOC(=O)C(C)(NCc1nc2c(c(=O)[nH]c(=O)n2C)n1C)C(C)C. The van der Waals surface area contributed by atoms with Crippen molar-refractivity contribution in [2.75, 3.05) is 6.61 Å². The normalized spacial score (nSPS) is 14.0. The third kappa shape index (κ3) is 3.23. The van der Waals surface area contributed by atoms with Gasteiger partial charge in [0.1, 0.15) is 11.4 Å². The second-order valence-electron chi connectivity index (χ2n) is 6.51. The largest absolute Gasteiger partial charge is 0.465 e. The van der Waals surface area contributed by atoms with Crippen LogP contribution in [0.1, 0.15) is 33.5 Å². The highest BCUT2D eigenvalue weighted by Crippen LogP contribution is 2.20. The van der Waals surface area contributed by atoms with Gasteiger partial charge in [-0.25, -0.2) is 9.78 Å². The predicted octanol–water partition coefficient (Wildman–Crippen LogP) is 0.0277. The van der Waals surface area contributed by atoms with E-state index in [9.17, 15) is 14.4 Å². The molecule has 0 aliphatic carbocycles. The van der Waals surface area contributed by atoms with Gasteiger partial charge in [0.05, 0.1) is 13.2 Å². The zero-order valence-electron chi connectivity index (χ0n) is 15.5. The first-order valence-corrected chi connectivity index (χ1v) is 8.20. The highest BCUT2D eigenvalue weighted by Gasteiger charge is 2.38. The second-order valence-corrected chi connectivity index (χ2v) is 6.51. The lowest BCUT2D eigenvalue weighted by Crippen LogP contribution is -2.54. The number of carbonyl (C=O) groups excluding carboxylic acids is 1. The Morgan fingerprint density at radius 3 is 2.52 bits per heavy atom. The summed E-state index contributed by atoms with van der Waals surface area (Å²) in [5, 5.41) is 3.19. The minimum Gasteiger partial charge on any atom is -0.465 e. The molecular weight excluding hydrogens is 326 g/mol. The molecule has 0 bridgehead atoms. The number of aryl methyl sites for hydroxylation is 2. The standard InChI is InChI=1S/C16H25N5O4/c1-7-25-14(23)16(4,9(2)3)17-8-10-18-12-11(20(10)5)13(22)19-15(24)21(12)6/h9,17H,7-8H2,1-6H3,(H,19,22,24). The Bertz CT molecular complexity index is 908. The summed E-state index contributed by atoms with van der Waals surface area (Å²) >= 11 is 0. The third-order valence-corrected chi connectivity index (χ3v) is 4.70. The van der Waals surface area contributed by atoms with E-state index in [1.54, 1.807) is 32.5 Å². The lowest BCUT2D eigenvalue weighted by molar-refractivity contribution is -0.152. The number of esters is 1. The molecule has 138 valence electrons. The second kappa shape index (κ2) is 6.83. The Balaban J connectivity index is 2.41. The fourth-order valence-electron chi connectivity index (χ4n) is 2.57. The number of aromatic nitrogens is 4. The Kier molecular flexibility index (Phi) is 5.17. The molecule has 0 aliphatic heterocycles. The lowest BCUT2D eigenvalue weighted by atomic mass is 9.88. The van der Waals surface area contributed by atoms with Crippen molar-refractivity contribution in [2.24, 2.45) is 20.0 Å². The van der Waals surface area contributed by atoms with Gasteiger partial charge in [-0.1, -0.05) is 13.8 Å². The number of nitrogens with one attached hydrogen (secondary N) is 2. The van der Waals surface area contributed by atoms with Gasteiger partial charge in [0, 0.05) is 14.1 Å². The number of rotatable bonds is 6. The van der Waals surface area contributed by atoms with E-state index in [1.807, 2.05) is 13.8 Å². The quantitative estimate of drug-likeness (QED) is 0.710. The maximum Gasteiger partial charge on any atom is 0.329 e. The summed E-state index contributed by atoms with van der Waals surface area (Å²) in [7, 11) is 3.24. The monoisotopic (exact) mass is 351 g/mol. The van der Waals surface area contributed by atoms with Gasteiger partial charge in [0.15, 0.2) is 11.2 Å². The summed E-state index contributed by atoms with van der Waals surface area (Å²) in [6.45, 7) is 7.93. The summed E-state index contributed by atoms with van der Waals surface area (Å²) in [6, 6.07) is 0. The van der Waals surface area contributed by atoms with Crippen LogP contribution in [0, 0.1) is 5.92 Å². The number of H-pyrrole nitrogens is 1. The molecule has 25 heavy (non-hydrogen) atoms. The molecule has 0 amide bonds. The Morgan fingerprint density at radius 1 is 1.32 bits per heavy atom. The van der Waals surface area contributed by atoms with E-state index in [-0.39, 0.29) is 18.4 Å². The van der Waals surface area contributed by atoms with E-state index < -0.39 is 16.8 Å². The molecule has 1 unspecified atom stereocenters. The van der Waals surface area contributed by atoms with E-state index in [0.717, 1.165) is 0 Å². The summed E-state index contributed by atoms with van der Waals surface area (Å²) in [6.07, 6.45) is 0. The van der Waals surface area contributed by atoms with Gasteiger partial charge in [0.25, 0.3) is 5.56 Å². The van der Waals surface area contributed by atoms with Crippen LogP contribution in [-0.2, 0) is 30.2 Å². The van der Waals surface area contributed by atoms with Crippen LogP contribution in [-0.4, -0.2) is 37.2 Å². The maximum absolute atomic E-state index is 12.3. The van der Waals surface area contributed by atoms with E-state index in [2.05, 4.69) is 15.3 Å². The van der Waals surface area contributed by atoms with E-state index in [4.69, 9.17) is 4.74 Å². The smallest absolute Gasteiger partial charge is 0.329 e. The summed E-state index contributed by atoms with van der Waals surface area (Å²) in [5.74, 6) is 0.181. The summed E-state index contributed by atoms with van der Waals surface area (Å²) < 4.78 is 8.07. The number of fused-ring (bicyclic) bond motifs is 1. The molecule has 2 rings (SSSR count). The van der Waals surface area contributed by atoms with Gasteiger partial charge in [0.2, 0.25) is 0 Å². The van der Waals surface area contributed by atoms with E-state index in [1.165, 1.54) is 4.57 Å². The zero-order valence-corrected chi connectivity index (χ0v) is 15.5. The first kappa shape index (κ1) is 18.9. The van der Waals surface area contributed by atoms with Gasteiger partial charge in [-0.2, -0.15) is 0 Å². The fourth-order valence-corrected chi connectivity index (χ4v) is 2.57. The van der Waals surface area contributed by atoms with Crippen LogP contribution in [0.15, 0.2) is 9.59 Å². The Morgan fingerprint density at radius 2 is 1.96 bits per heavy atom. The molecule has 2 N–H and O–H groups in total. The zero-order chi connectivity index (χ0) is 18.9. The molecule has 1 atom stereocenters. The number of carbonyl (C=O) groups is 1. The number of hydrogen-bond acceptors (Lipinski definition) is 6. The van der Waals surface area contributed by atoms with E-state index in [0.29, 0.717) is 23.6 Å². The number of hydrogen-bond donors (Lipinski definition) is 2. The molecule has 0 aromatic carbocycles. The number of nitrogens with zero attached hydrogens (tertiary/aromatic N) is 3. The average molecular weight is 351 g/mol. The van der Waals surface area contributed by atoms with Crippen molar-refractivity contribution in [3.05, 3.63) is 26.7 Å². The van der Waals surface area contributed by atoms with Gasteiger partial charge in [-0.15, -0.1) is 0 Å². The van der Waals surface area contributed by atoms with Crippen molar-refractivity contribution in [2.45, 2.75) is 39.8 Å². The average Bonchev–Trinajstić information content (AvgIpc) is 2.87. The molecule has 2 aromatic rings. The third-order valence-electron chi connectivity index (χ3n) is 4.70. The molecule has 0 spiro atoms. The van der Waals surface area contributed by atoms with Crippen LogP contribution in [0.25, 0.3) is 11.2 Å². The molecule has 2 aromatic heterocycles. The van der Waals surface area contributed by atoms with Gasteiger partial charge in [-0.3, -0.25) is 24.5 Å². The fraction of sp³-hybridized carbons (Fsp3) is 0.625. The van der Waals surface area contributed by atoms with Crippen molar-refractivity contribution in [3.8, 4) is 0 Å². The molecule has 2 heterocycles. The molecular formula is C16H25N5O4. The molecule has 9 nitrogen and oxygen atoms in total. The van der Waals surface area contributed by atoms with Crippen molar-refractivity contribution in [1.82, 2.24) is 24.4 Å². The number of imidazole rings is 1. The first-order chi connectivity index (χ1) is 11.6. The molecule has 0 fully saturated rings. The summed E-state index contributed by atoms with van der Waals surface area (Å²) in [5.41, 5.74) is -1.30. The minimum atomic E-state index is -0.896. The van der Waals surface area contributed by atoms with Gasteiger partial charge >= 0.3 is 11.7 Å². The highest BCUT2D eigenvalue weighted by molar-refractivity contribution is 5.80. The van der Waals surface area contributed by atoms with Crippen LogP contribution < -0.4 is 16.6 Å². The van der Waals surface area contributed by atoms with Crippen molar-refractivity contribution >= 4 is 17.1 Å². The molecule has 0 aliphatic rings. The predicted molar refractivity (Wildman–Crippen MR) is 93.3 cm³/mol. The van der Waals surface area contributed by atoms with E-state index >= 15 is 0 Å². The molecule has 0 radical (unpaired) electrons. The van der Waals surface area contributed by atoms with Crippen molar-refractivity contribution in [3.63, 3.8) is 0 Å². The first-order valence-electron chi connectivity index (χ1n) is 8.20. The topological polar surface area (TPSA) is 111 Å². The van der Waals surface area contributed by atoms with Crippen LogP contribution in [0.4, 0.5) is 0 Å². The minimum absolute atomic E-state index is 0.0195. The van der Waals surface area contributed by atoms with Crippen molar-refractivity contribution < 1.29 is 9.53 Å². The van der Waals surface area contributed by atoms with Crippen LogP contribution in [0.2, 0.25) is 0 Å². The molecule has 9 heteroatoms. The van der Waals surface area contributed by atoms with Crippen LogP contribution in [0.3, 0.4) is 0 Å². The lowest BCUT2D eigenvalue weighted by Gasteiger charge is -2.32. The number of ether oxygens (including phenoxy) is 1. The molecule has 0 saturated heterocycles. The Hall–Kier alpha value is -2.42. The Labute approximate surface area is 145 Å². The highest BCUT2D eigenvalue weighted by atomic mass is 16.5. The van der Waals surface area contributed by atoms with Gasteiger partial charge in [-0.05, 0) is 19.8 Å². The maximum atomic E-state index is 12.3. The van der Waals surface area contributed by atoms with Crippen LogP contribution >= 0.6 is 0 Å². The van der Waals surface area contributed by atoms with Crippen LogP contribution in [0.5, 0.6) is 0 Å². The molecule has 0 saturated carbocycles. The number of aromatic amines is 1. The summed E-state index contributed by atoms with van der Waals surface area (Å²) in [4.78, 5) is 42.8. The van der Waals surface area contributed by atoms with Gasteiger partial charge < -0.3 is 9.30 Å².